The Labute approximate surface area is 199 Å². The summed E-state index contributed by atoms with van der Waals surface area (Å²) in [6.07, 6.45) is 7.18. The van der Waals surface area contributed by atoms with Gasteiger partial charge in [-0.05, 0) is 73.7 Å². The highest BCUT2D eigenvalue weighted by Gasteiger charge is 2.26. The molecule has 7 heteroatoms. The molecule has 7 nitrogen and oxygen atoms in total. The summed E-state index contributed by atoms with van der Waals surface area (Å²) in [7, 11) is 1.31. The first-order chi connectivity index (χ1) is 16.4. The smallest absolute Gasteiger partial charge is 0.343 e. The zero-order valence-electron chi connectivity index (χ0n) is 19.2. The minimum absolute atomic E-state index is 0.0328. The topological polar surface area (TPSA) is 88.1 Å². The molecule has 34 heavy (non-hydrogen) atoms. The van der Waals surface area contributed by atoms with Crippen molar-refractivity contribution in [1.82, 2.24) is 0 Å². The van der Waals surface area contributed by atoms with Crippen molar-refractivity contribution in [3.05, 3.63) is 77.9 Å². The fourth-order valence-corrected chi connectivity index (χ4v) is 3.37. The number of methoxy groups -OCH3 is 1. The van der Waals surface area contributed by atoms with E-state index in [1.54, 1.807) is 54.6 Å². The van der Waals surface area contributed by atoms with Gasteiger partial charge in [-0.25, -0.2) is 14.4 Å². The predicted octanol–water partition coefficient (Wildman–Crippen LogP) is 4.90. The van der Waals surface area contributed by atoms with Crippen LogP contribution in [0.3, 0.4) is 0 Å². The van der Waals surface area contributed by atoms with Crippen molar-refractivity contribution < 1.29 is 33.3 Å². The molecule has 0 spiro atoms. The average molecular weight is 465 g/mol. The van der Waals surface area contributed by atoms with E-state index >= 15 is 0 Å². The van der Waals surface area contributed by atoms with Crippen LogP contribution in [0.4, 0.5) is 0 Å². The van der Waals surface area contributed by atoms with Crippen LogP contribution in [0.2, 0.25) is 0 Å². The van der Waals surface area contributed by atoms with Crippen LogP contribution >= 0.6 is 0 Å². The standard InChI is InChI=1S/C27H28O7/c1-19-18-24(34-26(19)29)6-4-3-5-17-32-22-14-10-21(11-15-22)27(30)33-23-12-7-20(8-13-23)9-16-25(28)31-2/h7-16,24H,1,3-6,17-18H2,2H3/b16-9+. The number of rotatable bonds is 11. The van der Waals surface area contributed by atoms with Gasteiger partial charge < -0.3 is 18.9 Å². The highest BCUT2D eigenvalue weighted by Crippen LogP contribution is 2.23. The fourth-order valence-electron chi connectivity index (χ4n) is 3.37. The fraction of sp³-hybridized carbons (Fsp3) is 0.296. The van der Waals surface area contributed by atoms with Crippen LogP contribution in [0.25, 0.3) is 6.08 Å². The third-order valence-electron chi connectivity index (χ3n) is 5.27. The van der Waals surface area contributed by atoms with Crippen LogP contribution in [-0.2, 0) is 19.1 Å². The number of cyclic esters (lactones) is 1. The lowest BCUT2D eigenvalue weighted by atomic mass is 10.1. The van der Waals surface area contributed by atoms with Crippen LogP contribution in [0.5, 0.6) is 11.5 Å². The zero-order valence-corrected chi connectivity index (χ0v) is 19.2. The van der Waals surface area contributed by atoms with Crippen molar-refractivity contribution in [2.24, 2.45) is 0 Å². The number of unbranched alkanes of at least 4 members (excludes halogenated alkanes) is 2. The third kappa shape index (κ3) is 7.62. The highest BCUT2D eigenvalue weighted by molar-refractivity contribution is 5.91. The normalized spacial score (nSPS) is 15.3. The lowest BCUT2D eigenvalue weighted by Crippen LogP contribution is -2.08. The van der Waals surface area contributed by atoms with E-state index in [9.17, 15) is 14.4 Å². The van der Waals surface area contributed by atoms with Crippen LogP contribution in [0, 0.1) is 0 Å². The summed E-state index contributed by atoms with van der Waals surface area (Å²) in [6, 6.07) is 13.6. The van der Waals surface area contributed by atoms with E-state index in [0.717, 1.165) is 31.2 Å². The van der Waals surface area contributed by atoms with Gasteiger partial charge in [-0.2, -0.15) is 0 Å². The molecule has 1 aliphatic rings. The first kappa shape index (κ1) is 24.8. The van der Waals surface area contributed by atoms with Gasteiger partial charge in [0.25, 0.3) is 0 Å². The molecule has 2 aromatic rings. The molecule has 3 rings (SSSR count). The molecule has 1 heterocycles. The Bertz CT molecular complexity index is 1020. The summed E-state index contributed by atoms with van der Waals surface area (Å²) in [5, 5.41) is 0. The Morgan fingerprint density at radius 3 is 2.38 bits per heavy atom. The van der Waals surface area contributed by atoms with E-state index in [1.165, 1.54) is 13.2 Å². The van der Waals surface area contributed by atoms with E-state index in [0.29, 0.717) is 35.7 Å². The zero-order chi connectivity index (χ0) is 24.3. The van der Waals surface area contributed by atoms with Crippen molar-refractivity contribution in [3.8, 4) is 11.5 Å². The molecule has 0 N–H and O–H groups in total. The maximum atomic E-state index is 12.4. The summed E-state index contributed by atoms with van der Waals surface area (Å²) in [6.45, 7) is 4.26. The van der Waals surface area contributed by atoms with E-state index in [4.69, 9.17) is 14.2 Å². The molecule has 1 atom stereocenters. The lowest BCUT2D eigenvalue weighted by Gasteiger charge is -2.09. The largest absolute Gasteiger partial charge is 0.494 e. The average Bonchev–Trinajstić information content (AvgIpc) is 3.17. The van der Waals surface area contributed by atoms with Crippen molar-refractivity contribution in [3.63, 3.8) is 0 Å². The second kappa shape index (κ2) is 12.4. The number of hydrogen-bond donors (Lipinski definition) is 0. The molecule has 1 unspecified atom stereocenters. The van der Waals surface area contributed by atoms with Crippen molar-refractivity contribution >= 4 is 24.0 Å². The molecule has 1 saturated heterocycles. The molecule has 1 fully saturated rings. The van der Waals surface area contributed by atoms with Crippen LogP contribution in [-0.4, -0.2) is 37.7 Å². The lowest BCUT2D eigenvalue weighted by molar-refractivity contribution is -0.139. The van der Waals surface area contributed by atoms with Gasteiger partial charge in [0.2, 0.25) is 0 Å². The Kier molecular flexibility index (Phi) is 9.03. The Balaban J connectivity index is 1.36. The molecular weight excluding hydrogens is 436 g/mol. The van der Waals surface area contributed by atoms with E-state index in [-0.39, 0.29) is 12.1 Å². The van der Waals surface area contributed by atoms with Crippen molar-refractivity contribution in [2.75, 3.05) is 13.7 Å². The number of carbonyl (C=O) groups excluding carboxylic acids is 3. The predicted molar refractivity (Wildman–Crippen MR) is 126 cm³/mol. The molecule has 178 valence electrons. The molecule has 1 aliphatic heterocycles. The first-order valence-corrected chi connectivity index (χ1v) is 11.1. The number of esters is 3. The quantitative estimate of drug-likeness (QED) is 0.202. The third-order valence-corrected chi connectivity index (χ3v) is 5.27. The second-order valence-electron chi connectivity index (χ2n) is 7.87. The summed E-state index contributed by atoms with van der Waals surface area (Å²) in [4.78, 5) is 34.8. The molecule has 0 amide bonds. The minimum atomic E-state index is -0.473. The van der Waals surface area contributed by atoms with Gasteiger partial charge in [0.1, 0.15) is 17.6 Å². The van der Waals surface area contributed by atoms with Gasteiger partial charge in [0.15, 0.2) is 0 Å². The Hall–Kier alpha value is -3.87. The second-order valence-corrected chi connectivity index (χ2v) is 7.87. The highest BCUT2D eigenvalue weighted by atomic mass is 16.6. The maximum Gasteiger partial charge on any atom is 0.343 e. The van der Waals surface area contributed by atoms with E-state index in [1.807, 2.05) is 0 Å². The van der Waals surface area contributed by atoms with Crippen molar-refractivity contribution in [1.29, 1.82) is 0 Å². The van der Waals surface area contributed by atoms with Gasteiger partial charge in [0, 0.05) is 18.1 Å². The summed E-state index contributed by atoms with van der Waals surface area (Å²) in [5.74, 6) is -0.109. The summed E-state index contributed by atoms with van der Waals surface area (Å²) < 4.78 is 20.9. The summed E-state index contributed by atoms with van der Waals surface area (Å²) in [5.41, 5.74) is 1.75. The molecule has 0 radical (unpaired) electrons. The van der Waals surface area contributed by atoms with Gasteiger partial charge in [-0.1, -0.05) is 18.7 Å². The van der Waals surface area contributed by atoms with Crippen LogP contribution in [0.15, 0.2) is 66.8 Å². The van der Waals surface area contributed by atoms with Gasteiger partial charge in [-0.3, -0.25) is 0 Å². The molecule has 0 aliphatic carbocycles. The summed E-state index contributed by atoms with van der Waals surface area (Å²) >= 11 is 0. The van der Waals surface area contributed by atoms with Crippen LogP contribution < -0.4 is 9.47 Å². The molecule has 2 aromatic carbocycles. The Morgan fingerprint density at radius 2 is 1.74 bits per heavy atom. The number of benzene rings is 2. The molecular formula is C27H28O7. The number of ether oxygens (including phenoxy) is 4. The van der Waals surface area contributed by atoms with Crippen molar-refractivity contribution in [2.45, 2.75) is 38.2 Å². The molecule has 0 bridgehead atoms. The van der Waals surface area contributed by atoms with Gasteiger partial charge in [0.05, 0.1) is 19.3 Å². The molecule has 0 saturated carbocycles. The van der Waals surface area contributed by atoms with Gasteiger partial charge >= 0.3 is 17.9 Å². The molecule has 0 aromatic heterocycles. The first-order valence-electron chi connectivity index (χ1n) is 11.1. The SMILES string of the molecule is C=C1CC(CCCCCOc2ccc(C(=O)Oc3ccc(/C=C/C(=O)OC)cc3)cc2)OC1=O. The minimum Gasteiger partial charge on any atom is -0.494 e. The monoisotopic (exact) mass is 464 g/mol. The Morgan fingerprint density at radius 1 is 1.03 bits per heavy atom. The van der Waals surface area contributed by atoms with E-state index in [2.05, 4.69) is 11.3 Å². The number of carbonyl (C=O) groups is 3. The van der Waals surface area contributed by atoms with Gasteiger partial charge in [-0.15, -0.1) is 0 Å². The maximum absolute atomic E-state index is 12.4. The van der Waals surface area contributed by atoms with Crippen LogP contribution in [0.1, 0.15) is 48.0 Å². The van der Waals surface area contributed by atoms with E-state index < -0.39 is 11.9 Å². The number of hydrogen-bond acceptors (Lipinski definition) is 7.